The zero-order valence-electron chi connectivity index (χ0n) is 6.82. The summed E-state index contributed by atoms with van der Waals surface area (Å²) >= 11 is 0. The summed E-state index contributed by atoms with van der Waals surface area (Å²) in [5.74, 6) is 0. The van der Waals surface area contributed by atoms with E-state index in [1.165, 1.54) is 0 Å². The van der Waals surface area contributed by atoms with E-state index in [0.717, 1.165) is 26.3 Å². The molecule has 0 atom stereocenters. The second kappa shape index (κ2) is 5.44. The van der Waals surface area contributed by atoms with Crippen LogP contribution in [0.4, 0.5) is 0 Å². The highest BCUT2D eigenvalue weighted by Crippen LogP contribution is 1.76. The molecule has 1 aliphatic heterocycles. The third kappa shape index (κ3) is 17.7. The van der Waals surface area contributed by atoms with Gasteiger partial charge in [0.15, 0.2) is 0 Å². The SMILES string of the molecule is C1COCCN1.O=S(=O)([O-])O.[H+]. The number of hydrogen-bond acceptors (Lipinski definition) is 5. The van der Waals surface area contributed by atoms with Gasteiger partial charge in [0.2, 0.25) is 10.4 Å². The van der Waals surface area contributed by atoms with Gasteiger partial charge in [0.25, 0.3) is 0 Å². The molecular formula is C4H11NO5S. The lowest BCUT2D eigenvalue weighted by molar-refractivity contribution is 0.109. The summed E-state index contributed by atoms with van der Waals surface area (Å²) in [6, 6.07) is 0. The minimum Gasteiger partial charge on any atom is -0.726 e. The molecule has 0 unspecified atom stereocenters. The van der Waals surface area contributed by atoms with Gasteiger partial charge in [-0.15, -0.1) is 0 Å². The van der Waals surface area contributed by atoms with Crippen molar-refractivity contribution in [2.24, 2.45) is 0 Å². The molecule has 1 rings (SSSR count). The Balaban J connectivity index is 0. The summed E-state index contributed by atoms with van der Waals surface area (Å²) < 4.78 is 37.8. The maximum atomic E-state index is 8.63. The van der Waals surface area contributed by atoms with Gasteiger partial charge in [-0.25, -0.2) is 8.42 Å². The average Bonchev–Trinajstić information content (AvgIpc) is 1.88. The normalized spacial score (nSPS) is 18.4. The Hall–Kier alpha value is -0.210. The van der Waals surface area contributed by atoms with E-state index in [2.05, 4.69) is 5.32 Å². The number of hydrogen-bond donors (Lipinski definition) is 2. The Morgan fingerprint density at radius 1 is 1.45 bits per heavy atom. The van der Waals surface area contributed by atoms with Crippen molar-refractivity contribution >= 4 is 10.4 Å². The molecule has 0 amide bonds. The topological polar surface area (TPSA) is 98.7 Å². The highest BCUT2D eigenvalue weighted by atomic mass is 32.3. The van der Waals surface area contributed by atoms with Crippen molar-refractivity contribution in [2.45, 2.75) is 0 Å². The molecule has 1 fully saturated rings. The van der Waals surface area contributed by atoms with Crippen LogP contribution in [0.1, 0.15) is 1.43 Å². The first-order chi connectivity index (χ1) is 5.00. The Labute approximate surface area is 66.6 Å². The highest BCUT2D eigenvalue weighted by Gasteiger charge is 1.92. The van der Waals surface area contributed by atoms with Gasteiger partial charge in [0.05, 0.1) is 13.2 Å². The second-order valence-corrected chi connectivity index (χ2v) is 2.65. The zero-order valence-corrected chi connectivity index (χ0v) is 6.63. The minimum absolute atomic E-state index is 0. The van der Waals surface area contributed by atoms with Crippen LogP contribution < -0.4 is 5.32 Å². The zero-order chi connectivity index (χ0) is 8.74. The van der Waals surface area contributed by atoms with Gasteiger partial charge in [-0.2, -0.15) is 0 Å². The molecule has 0 aliphatic carbocycles. The van der Waals surface area contributed by atoms with Crippen LogP contribution in [0.25, 0.3) is 0 Å². The van der Waals surface area contributed by atoms with Crippen molar-refractivity contribution in [1.82, 2.24) is 5.32 Å². The fraction of sp³-hybridized carbons (Fsp3) is 1.00. The van der Waals surface area contributed by atoms with Crippen molar-refractivity contribution in [2.75, 3.05) is 26.3 Å². The van der Waals surface area contributed by atoms with Crippen LogP contribution in [0.3, 0.4) is 0 Å². The number of nitrogens with one attached hydrogen (secondary N) is 1. The monoisotopic (exact) mass is 185 g/mol. The van der Waals surface area contributed by atoms with Gasteiger partial charge in [-0.05, 0) is 0 Å². The number of rotatable bonds is 0. The molecule has 0 aromatic heterocycles. The standard InChI is InChI=1S/C4H9NO.H2O4S/c1-3-6-4-2-5-1;1-5(2,3)4/h5H,1-4H2;(H2,1,2,3,4). The first-order valence-corrected chi connectivity index (χ1v) is 4.33. The van der Waals surface area contributed by atoms with E-state index in [0.29, 0.717) is 0 Å². The molecule has 7 heteroatoms. The van der Waals surface area contributed by atoms with Crippen LogP contribution in [0, 0.1) is 0 Å². The average molecular weight is 185 g/mol. The summed E-state index contributed by atoms with van der Waals surface area (Å²) in [6.45, 7) is 3.83. The fourth-order valence-electron chi connectivity index (χ4n) is 0.516. The predicted molar refractivity (Wildman–Crippen MR) is 37.1 cm³/mol. The molecule has 0 saturated carbocycles. The van der Waals surface area contributed by atoms with Gasteiger partial charge in [-0.1, -0.05) is 0 Å². The fourth-order valence-corrected chi connectivity index (χ4v) is 0.516. The van der Waals surface area contributed by atoms with Gasteiger partial charge in [-0.3, -0.25) is 4.55 Å². The quantitative estimate of drug-likeness (QED) is 0.360. The third-order valence-corrected chi connectivity index (χ3v) is 0.846. The van der Waals surface area contributed by atoms with Gasteiger partial charge >= 0.3 is 1.43 Å². The lowest BCUT2D eigenvalue weighted by atomic mass is 10.5. The molecule has 0 aromatic rings. The highest BCUT2D eigenvalue weighted by molar-refractivity contribution is 7.79. The Kier molecular flexibility index (Phi) is 5.34. The molecule has 0 bridgehead atoms. The lowest BCUT2D eigenvalue weighted by Crippen LogP contribution is -2.30. The molecule has 1 saturated heterocycles. The summed E-state index contributed by atoms with van der Waals surface area (Å²) in [5, 5.41) is 3.16. The van der Waals surface area contributed by atoms with Gasteiger partial charge < -0.3 is 14.6 Å². The Morgan fingerprint density at radius 2 is 1.82 bits per heavy atom. The minimum atomic E-state index is -4.92. The van der Waals surface area contributed by atoms with Crippen molar-refractivity contribution in [3.63, 3.8) is 0 Å². The van der Waals surface area contributed by atoms with E-state index in [9.17, 15) is 0 Å². The Morgan fingerprint density at radius 3 is 1.91 bits per heavy atom. The molecule has 0 radical (unpaired) electrons. The van der Waals surface area contributed by atoms with Crippen LogP contribution >= 0.6 is 0 Å². The summed E-state index contributed by atoms with van der Waals surface area (Å²) in [4.78, 5) is 0. The van der Waals surface area contributed by atoms with E-state index < -0.39 is 10.4 Å². The molecule has 1 heterocycles. The second-order valence-electron chi connectivity index (χ2n) is 1.79. The maximum Gasteiger partial charge on any atom is 1.00 e. The number of ether oxygens (including phenoxy) is 1. The van der Waals surface area contributed by atoms with Gasteiger partial charge in [0, 0.05) is 13.1 Å². The van der Waals surface area contributed by atoms with E-state index in [1.54, 1.807) is 0 Å². The van der Waals surface area contributed by atoms with Crippen LogP contribution in [-0.4, -0.2) is 43.8 Å². The van der Waals surface area contributed by atoms with E-state index in [1.807, 2.05) is 0 Å². The Bertz CT molecular complexity index is 158. The van der Waals surface area contributed by atoms with Crippen LogP contribution in [-0.2, 0) is 15.1 Å². The van der Waals surface area contributed by atoms with Crippen molar-refractivity contribution < 1.29 is 23.7 Å². The molecular weight excluding hydrogens is 174 g/mol. The molecule has 11 heavy (non-hydrogen) atoms. The molecule has 0 aromatic carbocycles. The molecule has 2 N–H and O–H groups in total. The first-order valence-electron chi connectivity index (χ1n) is 2.97. The number of morpholine rings is 1. The maximum absolute atomic E-state index is 8.63. The summed E-state index contributed by atoms with van der Waals surface area (Å²) in [5.41, 5.74) is 0. The summed E-state index contributed by atoms with van der Waals surface area (Å²) in [6.07, 6.45) is 0. The molecule has 68 valence electrons. The van der Waals surface area contributed by atoms with Crippen LogP contribution in [0.2, 0.25) is 0 Å². The molecule has 0 spiro atoms. The van der Waals surface area contributed by atoms with Crippen molar-refractivity contribution in [3.8, 4) is 0 Å². The largest absolute Gasteiger partial charge is 1.00 e. The smallest absolute Gasteiger partial charge is 0.726 e. The van der Waals surface area contributed by atoms with E-state index in [4.69, 9.17) is 22.3 Å². The third-order valence-electron chi connectivity index (χ3n) is 0.846. The lowest BCUT2D eigenvalue weighted by Gasteiger charge is -2.10. The van der Waals surface area contributed by atoms with Crippen LogP contribution in [0.5, 0.6) is 0 Å². The van der Waals surface area contributed by atoms with Crippen molar-refractivity contribution in [1.29, 1.82) is 0 Å². The molecule has 6 nitrogen and oxygen atoms in total. The van der Waals surface area contributed by atoms with Crippen LogP contribution in [0.15, 0.2) is 0 Å². The van der Waals surface area contributed by atoms with Gasteiger partial charge in [0.1, 0.15) is 0 Å². The summed E-state index contributed by atoms with van der Waals surface area (Å²) in [7, 11) is -4.92. The van der Waals surface area contributed by atoms with E-state index >= 15 is 0 Å². The first kappa shape index (κ1) is 10.8. The van der Waals surface area contributed by atoms with Crippen molar-refractivity contribution in [3.05, 3.63) is 0 Å². The predicted octanol–water partition coefficient (Wildman–Crippen LogP) is -1.28. The molecule has 1 aliphatic rings. The van der Waals surface area contributed by atoms with E-state index in [-0.39, 0.29) is 1.43 Å².